The largest absolute Gasteiger partial charge is 0.508 e. The zero-order chi connectivity index (χ0) is 12.8. The topological polar surface area (TPSA) is 64.3 Å². The summed E-state index contributed by atoms with van der Waals surface area (Å²) >= 11 is 0. The summed E-state index contributed by atoms with van der Waals surface area (Å²) < 4.78 is 0. The first kappa shape index (κ1) is 13.2. The molecule has 4 heteroatoms. The zero-order valence-corrected chi connectivity index (χ0v) is 10.1. The Hall–Kier alpha value is -1.86. The molecule has 1 aromatic rings. The van der Waals surface area contributed by atoms with Crippen LogP contribution in [0.2, 0.25) is 0 Å². The van der Waals surface area contributed by atoms with E-state index in [4.69, 9.17) is 10.4 Å². The number of benzene rings is 1. The van der Waals surface area contributed by atoms with Gasteiger partial charge in [0.2, 0.25) is 0 Å². The fourth-order valence-corrected chi connectivity index (χ4v) is 1.41. The minimum absolute atomic E-state index is 0.0164. The molecule has 1 unspecified atom stereocenters. The summed E-state index contributed by atoms with van der Waals surface area (Å²) in [5.41, 5.74) is 0.568. The SMILES string of the molecule is CC(CC#N)N(C)CC(=O)c1ccc(O)cc1. The zero-order valence-electron chi connectivity index (χ0n) is 10.1. The lowest BCUT2D eigenvalue weighted by Crippen LogP contribution is -2.33. The van der Waals surface area contributed by atoms with E-state index < -0.39 is 0 Å². The lowest BCUT2D eigenvalue weighted by atomic mass is 10.1. The summed E-state index contributed by atoms with van der Waals surface area (Å²) in [7, 11) is 1.82. The van der Waals surface area contributed by atoms with Crippen molar-refractivity contribution in [3.05, 3.63) is 29.8 Å². The van der Waals surface area contributed by atoms with Gasteiger partial charge in [0.05, 0.1) is 19.0 Å². The maximum atomic E-state index is 11.9. The Balaban J connectivity index is 2.60. The second-order valence-electron chi connectivity index (χ2n) is 4.10. The third kappa shape index (κ3) is 3.89. The fourth-order valence-electron chi connectivity index (χ4n) is 1.41. The van der Waals surface area contributed by atoms with Crippen molar-refractivity contribution >= 4 is 5.78 Å². The van der Waals surface area contributed by atoms with Crippen LogP contribution in [0.3, 0.4) is 0 Å². The molecular weight excluding hydrogens is 216 g/mol. The summed E-state index contributed by atoms with van der Waals surface area (Å²) in [6, 6.07) is 8.32. The third-order valence-electron chi connectivity index (χ3n) is 2.72. The average Bonchev–Trinajstić information content (AvgIpc) is 2.30. The van der Waals surface area contributed by atoms with Crippen molar-refractivity contribution < 1.29 is 9.90 Å². The number of phenolic OH excluding ortho intramolecular Hbond substituents is 1. The standard InChI is InChI=1S/C13H16N2O2/c1-10(7-8-14)15(2)9-13(17)11-3-5-12(16)6-4-11/h3-6,10,16H,7,9H2,1-2H3. The first-order chi connectivity index (χ1) is 8.04. The number of hydrogen-bond donors (Lipinski definition) is 1. The molecule has 0 aliphatic rings. The summed E-state index contributed by atoms with van der Waals surface area (Å²) in [5, 5.41) is 17.7. The van der Waals surface area contributed by atoms with Crippen LogP contribution in [0.25, 0.3) is 0 Å². The van der Waals surface area contributed by atoms with Crippen molar-refractivity contribution in [3.63, 3.8) is 0 Å². The van der Waals surface area contributed by atoms with E-state index in [-0.39, 0.29) is 24.1 Å². The molecule has 1 aromatic carbocycles. The first-order valence-corrected chi connectivity index (χ1v) is 5.44. The highest BCUT2D eigenvalue weighted by molar-refractivity contribution is 5.97. The fraction of sp³-hybridized carbons (Fsp3) is 0.385. The van der Waals surface area contributed by atoms with E-state index in [0.717, 1.165) is 0 Å². The Morgan fingerprint density at radius 2 is 2.06 bits per heavy atom. The predicted octanol–water partition coefficient (Wildman–Crippen LogP) is 1.81. The van der Waals surface area contributed by atoms with Gasteiger partial charge >= 0.3 is 0 Å². The lowest BCUT2D eigenvalue weighted by Gasteiger charge is -2.21. The predicted molar refractivity (Wildman–Crippen MR) is 64.8 cm³/mol. The Labute approximate surface area is 101 Å². The molecule has 0 aliphatic heterocycles. The van der Waals surface area contributed by atoms with Crippen molar-refractivity contribution in [2.45, 2.75) is 19.4 Å². The van der Waals surface area contributed by atoms with Crippen molar-refractivity contribution in [1.29, 1.82) is 5.26 Å². The monoisotopic (exact) mass is 232 g/mol. The number of hydrogen-bond acceptors (Lipinski definition) is 4. The van der Waals surface area contributed by atoms with Gasteiger partial charge in [0.15, 0.2) is 5.78 Å². The van der Waals surface area contributed by atoms with Gasteiger partial charge in [-0.2, -0.15) is 5.26 Å². The number of likely N-dealkylation sites (N-methyl/N-ethyl adjacent to an activating group) is 1. The van der Waals surface area contributed by atoms with Gasteiger partial charge in [-0.3, -0.25) is 9.69 Å². The van der Waals surface area contributed by atoms with Crippen LogP contribution < -0.4 is 0 Å². The van der Waals surface area contributed by atoms with Crippen LogP contribution in [-0.2, 0) is 0 Å². The van der Waals surface area contributed by atoms with Crippen molar-refractivity contribution in [1.82, 2.24) is 4.90 Å². The van der Waals surface area contributed by atoms with Gasteiger partial charge in [-0.15, -0.1) is 0 Å². The molecule has 0 bridgehead atoms. The second kappa shape index (κ2) is 6.02. The quantitative estimate of drug-likeness (QED) is 0.786. The highest BCUT2D eigenvalue weighted by Crippen LogP contribution is 2.11. The molecule has 0 heterocycles. The van der Waals surface area contributed by atoms with E-state index in [2.05, 4.69) is 6.07 Å². The van der Waals surface area contributed by atoms with Crippen LogP contribution >= 0.6 is 0 Å². The van der Waals surface area contributed by atoms with E-state index in [9.17, 15) is 4.79 Å². The molecule has 1 N–H and O–H groups in total. The molecule has 0 saturated heterocycles. The van der Waals surface area contributed by atoms with Gasteiger partial charge in [-0.1, -0.05) is 0 Å². The van der Waals surface area contributed by atoms with Gasteiger partial charge in [-0.05, 0) is 38.2 Å². The molecule has 0 fully saturated rings. The van der Waals surface area contributed by atoms with Crippen LogP contribution in [0.4, 0.5) is 0 Å². The number of carbonyl (C=O) groups excluding carboxylic acids is 1. The van der Waals surface area contributed by atoms with Crippen LogP contribution in [0.15, 0.2) is 24.3 Å². The summed E-state index contributed by atoms with van der Waals surface area (Å²) in [6.07, 6.45) is 0.402. The number of nitrogens with zero attached hydrogens (tertiary/aromatic N) is 2. The lowest BCUT2D eigenvalue weighted by molar-refractivity contribution is 0.0926. The molecule has 0 aliphatic carbocycles. The molecule has 1 rings (SSSR count). The smallest absolute Gasteiger partial charge is 0.176 e. The van der Waals surface area contributed by atoms with Crippen molar-refractivity contribution in [3.8, 4) is 11.8 Å². The van der Waals surface area contributed by atoms with Gasteiger partial charge in [-0.25, -0.2) is 0 Å². The van der Waals surface area contributed by atoms with Gasteiger partial charge in [0.25, 0.3) is 0 Å². The molecule has 1 atom stereocenters. The highest BCUT2D eigenvalue weighted by Gasteiger charge is 2.14. The minimum atomic E-state index is -0.0164. The number of Topliss-reactive ketones (excluding diaryl/α,β-unsaturated/α-hetero) is 1. The van der Waals surface area contributed by atoms with Crippen LogP contribution in [0, 0.1) is 11.3 Å². The van der Waals surface area contributed by atoms with Gasteiger partial charge < -0.3 is 5.11 Å². The number of phenols is 1. The van der Waals surface area contributed by atoms with Crippen molar-refractivity contribution in [2.75, 3.05) is 13.6 Å². The highest BCUT2D eigenvalue weighted by atomic mass is 16.3. The molecule has 0 amide bonds. The molecule has 0 radical (unpaired) electrons. The van der Waals surface area contributed by atoms with E-state index in [0.29, 0.717) is 12.0 Å². The van der Waals surface area contributed by atoms with Gasteiger partial charge in [0.1, 0.15) is 5.75 Å². The Morgan fingerprint density at radius 3 is 2.59 bits per heavy atom. The maximum Gasteiger partial charge on any atom is 0.176 e. The van der Waals surface area contributed by atoms with E-state index >= 15 is 0 Å². The normalized spacial score (nSPS) is 12.1. The van der Waals surface area contributed by atoms with Crippen LogP contribution in [0.5, 0.6) is 5.75 Å². The average molecular weight is 232 g/mol. The number of carbonyl (C=O) groups is 1. The second-order valence-corrected chi connectivity index (χ2v) is 4.10. The molecule has 0 spiro atoms. The van der Waals surface area contributed by atoms with E-state index in [1.54, 1.807) is 12.1 Å². The van der Waals surface area contributed by atoms with E-state index in [1.165, 1.54) is 12.1 Å². The third-order valence-corrected chi connectivity index (χ3v) is 2.72. The number of rotatable bonds is 5. The number of ketones is 1. The molecule has 17 heavy (non-hydrogen) atoms. The maximum absolute atomic E-state index is 11.9. The minimum Gasteiger partial charge on any atom is -0.508 e. The molecule has 4 nitrogen and oxygen atoms in total. The Bertz CT molecular complexity index is 420. The molecular formula is C13H16N2O2. The molecule has 90 valence electrons. The number of nitriles is 1. The number of aromatic hydroxyl groups is 1. The van der Waals surface area contributed by atoms with Crippen LogP contribution in [0.1, 0.15) is 23.7 Å². The first-order valence-electron chi connectivity index (χ1n) is 5.44. The molecule has 0 saturated carbocycles. The summed E-state index contributed by atoms with van der Waals surface area (Å²) in [5.74, 6) is 0.130. The Morgan fingerprint density at radius 1 is 1.47 bits per heavy atom. The van der Waals surface area contributed by atoms with E-state index in [1.807, 2.05) is 18.9 Å². The Kier molecular flexibility index (Phi) is 4.68. The summed E-state index contributed by atoms with van der Waals surface area (Å²) in [6.45, 7) is 2.18. The molecule has 0 aromatic heterocycles. The van der Waals surface area contributed by atoms with Crippen molar-refractivity contribution in [2.24, 2.45) is 0 Å². The van der Waals surface area contributed by atoms with Gasteiger partial charge in [0, 0.05) is 11.6 Å². The summed E-state index contributed by atoms with van der Waals surface area (Å²) in [4.78, 5) is 13.7. The van der Waals surface area contributed by atoms with Crippen LogP contribution in [-0.4, -0.2) is 35.4 Å².